The van der Waals surface area contributed by atoms with Gasteiger partial charge in [-0.15, -0.1) is 0 Å². The summed E-state index contributed by atoms with van der Waals surface area (Å²) >= 11 is 0. The van der Waals surface area contributed by atoms with E-state index in [0.717, 1.165) is 6.42 Å². The largest absolute Gasteiger partial charge is 0.300 e. The first kappa shape index (κ1) is 12.9. The lowest BCUT2D eigenvalue weighted by atomic mass is 9.92. The second kappa shape index (κ2) is 4.76. The van der Waals surface area contributed by atoms with Gasteiger partial charge < -0.3 is 4.79 Å². The minimum absolute atomic E-state index is 0.0830. The highest BCUT2D eigenvalue weighted by atomic mass is 16.2. The summed E-state index contributed by atoms with van der Waals surface area (Å²) in [6, 6.07) is 0. The molecule has 4 heteroatoms. The van der Waals surface area contributed by atoms with E-state index in [1.165, 1.54) is 4.90 Å². The highest BCUT2D eigenvalue weighted by molar-refractivity contribution is 6.05. The van der Waals surface area contributed by atoms with Crippen LogP contribution in [0.3, 0.4) is 0 Å². The van der Waals surface area contributed by atoms with E-state index in [1.807, 2.05) is 0 Å². The third kappa shape index (κ3) is 2.90. The van der Waals surface area contributed by atoms with E-state index in [1.54, 1.807) is 20.8 Å². The number of carbonyl (C=O) groups is 3. The van der Waals surface area contributed by atoms with Crippen molar-refractivity contribution in [2.45, 2.75) is 46.5 Å². The fourth-order valence-electron chi connectivity index (χ4n) is 1.90. The van der Waals surface area contributed by atoms with Crippen molar-refractivity contribution in [3.05, 3.63) is 0 Å². The Morgan fingerprint density at radius 2 is 1.94 bits per heavy atom. The van der Waals surface area contributed by atoms with Crippen LogP contribution in [0.5, 0.6) is 0 Å². The molecule has 0 spiro atoms. The summed E-state index contributed by atoms with van der Waals surface area (Å²) in [5, 5.41) is 0. The second-order valence-electron chi connectivity index (χ2n) is 5.07. The number of amides is 2. The van der Waals surface area contributed by atoms with Crippen LogP contribution in [-0.4, -0.2) is 29.0 Å². The van der Waals surface area contributed by atoms with Crippen molar-refractivity contribution in [2.75, 3.05) is 6.54 Å². The molecule has 0 aromatic carbocycles. The average molecular weight is 225 g/mol. The van der Waals surface area contributed by atoms with Crippen molar-refractivity contribution in [3.63, 3.8) is 0 Å². The lowest BCUT2D eigenvalue weighted by molar-refractivity contribution is -0.140. The van der Waals surface area contributed by atoms with Crippen molar-refractivity contribution >= 4 is 17.6 Å². The molecule has 0 aliphatic carbocycles. The predicted molar refractivity (Wildman–Crippen MR) is 59.7 cm³/mol. The third-order valence-electron chi connectivity index (χ3n) is 2.88. The van der Waals surface area contributed by atoms with Crippen molar-refractivity contribution < 1.29 is 14.4 Å². The Labute approximate surface area is 96.0 Å². The Hall–Kier alpha value is -1.19. The Balaban J connectivity index is 2.41. The Bertz CT molecular complexity index is 320. The normalized spacial score (nSPS) is 19.3. The van der Waals surface area contributed by atoms with E-state index in [9.17, 15) is 14.4 Å². The van der Waals surface area contributed by atoms with Crippen molar-refractivity contribution in [3.8, 4) is 0 Å². The van der Waals surface area contributed by atoms with Crippen molar-refractivity contribution in [2.24, 2.45) is 5.41 Å². The zero-order valence-electron chi connectivity index (χ0n) is 10.2. The predicted octanol–water partition coefficient (Wildman–Crippen LogP) is 1.53. The molecule has 0 aromatic heterocycles. The first-order valence-electron chi connectivity index (χ1n) is 5.69. The van der Waals surface area contributed by atoms with E-state index in [4.69, 9.17) is 0 Å². The molecule has 1 fully saturated rings. The molecule has 0 unspecified atom stereocenters. The van der Waals surface area contributed by atoms with E-state index in [-0.39, 0.29) is 17.6 Å². The molecule has 1 rings (SSSR count). The van der Waals surface area contributed by atoms with Gasteiger partial charge in [-0.3, -0.25) is 14.5 Å². The molecule has 0 atom stereocenters. The summed E-state index contributed by atoms with van der Waals surface area (Å²) in [4.78, 5) is 35.4. The first-order valence-corrected chi connectivity index (χ1v) is 5.69. The van der Waals surface area contributed by atoms with Crippen molar-refractivity contribution in [1.29, 1.82) is 0 Å². The second-order valence-corrected chi connectivity index (χ2v) is 5.07. The van der Waals surface area contributed by atoms with E-state index < -0.39 is 5.41 Å². The molecule has 1 aliphatic rings. The van der Waals surface area contributed by atoms with Crippen LogP contribution in [0.2, 0.25) is 0 Å². The Kier molecular flexibility index (Phi) is 3.83. The maximum absolute atomic E-state index is 11.8. The van der Waals surface area contributed by atoms with E-state index in [2.05, 4.69) is 0 Å². The Morgan fingerprint density at radius 1 is 1.31 bits per heavy atom. The summed E-state index contributed by atoms with van der Waals surface area (Å²) in [6.07, 6.45) is 2.29. The van der Waals surface area contributed by atoms with Crippen LogP contribution in [0.4, 0.5) is 0 Å². The number of Topliss-reactive ketones (excluding diaryl/α,β-unsaturated/α-hetero) is 1. The number of hydrogen-bond acceptors (Lipinski definition) is 3. The molecular formula is C12H19NO3. The van der Waals surface area contributed by atoms with Gasteiger partial charge in [-0.2, -0.15) is 0 Å². The van der Waals surface area contributed by atoms with Crippen LogP contribution >= 0.6 is 0 Å². The molecule has 1 heterocycles. The zero-order chi connectivity index (χ0) is 12.3. The molecule has 1 aliphatic heterocycles. The van der Waals surface area contributed by atoms with Gasteiger partial charge in [-0.1, -0.05) is 13.8 Å². The molecule has 1 saturated heterocycles. The third-order valence-corrected chi connectivity index (χ3v) is 2.88. The van der Waals surface area contributed by atoms with E-state index >= 15 is 0 Å². The topological polar surface area (TPSA) is 54.5 Å². The van der Waals surface area contributed by atoms with Crippen LogP contribution in [0, 0.1) is 5.41 Å². The van der Waals surface area contributed by atoms with Gasteiger partial charge in [0.1, 0.15) is 5.78 Å². The number of unbranched alkanes of at least 4 members (excludes halogenated alkanes) is 1. The molecule has 16 heavy (non-hydrogen) atoms. The summed E-state index contributed by atoms with van der Waals surface area (Å²) in [5.74, 6) is -0.0162. The minimum atomic E-state index is -0.544. The van der Waals surface area contributed by atoms with Gasteiger partial charge >= 0.3 is 0 Å². The highest BCUT2D eigenvalue weighted by Gasteiger charge is 2.44. The maximum Gasteiger partial charge on any atom is 0.235 e. The number of likely N-dealkylation sites (tertiary alicyclic amines) is 1. The van der Waals surface area contributed by atoms with Gasteiger partial charge in [0, 0.05) is 19.4 Å². The molecule has 2 amide bonds. The molecule has 0 aromatic rings. The fraction of sp³-hybridized carbons (Fsp3) is 0.750. The summed E-state index contributed by atoms with van der Waals surface area (Å²) in [6.45, 7) is 5.59. The Morgan fingerprint density at radius 3 is 2.38 bits per heavy atom. The number of ketones is 1. The SMILES string of the molecule is CC(=O)CCCCN1C(=O)CC(C)(C)C1=O. The van der Waals surface area contributed by atoms with Gasteiger partial charge in [0.05, 0.1) is 5.41 Å². The van der Waals surface area contributed by atoms with Gasteiger partial charge in [0.25, 0.3) is 0 Å². The molecule has 0 radical (unpaired) electrons. The number of carbonyl (C=O) groups excluding carboxylic acids is 3. The molecule has 4 nitrogen and oxygen atoms in total. The van der Waals surface area contributed by atoms with Crippen LogP contribution in [-0.2, 0) is 14.4 Å². The highest BCUT2D eigenvalue weighted by Crippen LogP contribution is 2.31. The molecule has 0 saturated carbocycles. The number of nitrogens with zero attached hydrogens (tertiary/aromatic N) is 1. The van der Waals surface area contributed by atoms with Crippen LogP contribution in [0.1, 0.15) is 46.5 Å². The minimum Gasteiger partial charge on any atom is -0.300 e. The van der Waals surface area contributed by atoms with Crippen LogP contribution in [0.15, 0.2) is 0 Å². The maximum atomic E-state index is 11.8. The average Bonchev–Trinajstić information content (AvgIpc) is 2.33. The standard InChI is InChI=1S/C12H19NO3/c1-9(14)6-4-5-7-13-10(15)8-12(2,3)11(13)16/h4-8H2,1-3H3. The molecule has 0 bridgehead atoms. The smallest absolute Gasteiger partial charge is 0.235 e. The first-order chi connectivity index (χ1) is 7.34. The van der Waals surface area contributed by atoms with Crippen molar-refractivity contribution in [1.82, 2.24) is 4.90 Å². The van der Waals surface area contributed by atoms with Gasteiger partial charge in [0.15, 0.2) is 0 Å². The quantitative estimate of drug-likeness (QED) is 0.526. The molecule has 90 valence electrons. The number of hydrogen-bond donors (Lipinski definition) is 0. The summed E-state index contributed by atoms with van der Waals surface area (Å²) in [5.41, 5.74) is -0.544. The van der Waals surface area contributed by atoms with Crippen LogP contribution < -0.4 is 0 Å². The molecular weight excluding hydrogens is 206 g/mol. The summed E-state index contributed by atoms with van der Waals surface area (Å²) < 4.78 is 0. The lowest BCUT2D eigenvalue weighted by Gasteiger charge is -2.17. The van der Waals surface area contributed by atoms with Gasteiger partial charge in [-0.05, 0) is 19.8 Å². The summed E-state index contributed by atoms with van der Waals surface area (Å²) in [7, 11) is 0. The van der Waals surface area contributed by atoms with E-state index in [0.29, 0.717) is 25.8 Å². The number of imide groups is 1. The van der Waals surface area contributed by atoms with Crippen LogP contribution in [0.25, 0.3) is 0 Å². The molecule has 0 N–H and O–H groups in total. The monoisotopic (exact) mass is 225 g/mol. The van der Waals surface area contributed by atoms with Gasteiger partial charge in [0.2, 0.25) is 11.8 Å². The lowest BCUT2D eigenvalue weighted by Crippen LogP contribution is -2.33. The fourth-order valence-corrected chi connectivity index (χ4v) is 1.90. The number of rotatable bonds is 5. The zero-order valence-corrected chi connectivity index (χ0v) is 10.2. The van der Waals surface area contributed by atoms with Gasteiger partial charge in [-0.25, -0.2) is 0 Å².